The summed E-state index contributed by atoms with van der Waals surface area (Å²) in [6.45, 7) is 6.34. The number of halogens is 2. The number of rotatable bonds is 9. The third-order valence-corrected chi connectivity index (χ3v) is 5.57. The van der Waals surface area contributed by atoms with E-state index in [4.69, 9.17) is 21.1 Å². The first-order chi connectivity index (χ1) is 15.2. The maximum Gasteiger partial charge on any atom is 0.343 e. The molecule has 170 valence electrons. The van der Waals surface area contributed by atoms with E-state index in [1.54, 1.807) is 20.1 Å². The van der Waals surface area contributed by atoms with Gasteiger partial charge in [-0.05, 0) is 57.5 Å². The lowest BCUT2D eigenvalue weighted by Crippen LogP contribution is -2.16. The summed E-state index contributed by atoms with van der Waals surface area (Å²) in [5, 5.41) is 4.27. The van der Waals surface area contributed by atoms with Crippen molar-refractivity contribution in [1.29, 1.82) is 0 Å². The molecule has 0 unspecified atom stereocenters. The van der Waals surface area contributed by atoms with Crippen LogP contribution in [0.2, 0.25) is 5.15 Å². The Morgan fingerprint density at radius 1 is 1.16 bits per heavy atom. The lowest BCUT2D eigenvalue weighted by atomic mass is 10.1. The maximum absolute atomic E-state index is 13.2. The van der Waals surface area contributed by atoms with E-state index in [-0.39, 0.29) is 16.5 Å². The number of esters is 1. The van der Waals surface area contributed by atoms with Crippen LogP contribution < -0.4 is 0 Å². The number of hydrogen-bond donors (Lipinski definition) is 0. The van der Waals surface area contributed by atoms with Gasteiger partial charge in [0, 0.05) is 37.2 Å². The molecule has 0 saturated carbocycles. The molecule has 0 N–H and O–H groups in total. The molecule has 7 nitrogen and oxygen atoms in total. The number of benzene rings is 1. The molecule has 9 heteroatoms. The summed E-state index contributed by atoms with van der Waals surface area (Å²) >= 11 is 6.35. The van der Waals surface area contributed by atoms with E-state index in [2.05, 4.69) is 5.10 Å². The van der Waals surface area contributed by atoms with Crippen molar-refractivity contribution in [2.75, 3.05) is 20.3 Å². The van der Waals surface area contributed by atoms with Gasteiger partial charge in [-0.3, -0.25) is 4.79 Å². The number of ketones is 1. The fourth-order valence-corrected chi connectivity index (χ4v) is 3.91. The van der Waals surface area contributed by atoms with E-state index in [0.29, 0.717) is 23.6 Å². The Kier molecular flexibility index (Phi) is 7.48. The van der Waals surface area contributed by atoms with Crippen LogP contribution in [0.15, 0.2) is 30.3 Å². The van der Waals surface area contributed by atoms with E-state index in [1.165, 1.54) is 28.9 Å². The minimum absolute atomic E-state index is 0.0304. The minimum Gasteiger partial charge on any atom is -0.454 e. The molecule has 0 amide bonds. The maximum atomic E-state index is 13.2. The van der Waals surface area contributed by atoms with Gasteiger partial charge in [0.15, 0.2) is 6.61 Å². The van der Waals surface area contributed by atoms with Gasteiger partial charge in [0.05, 0.1) is 11.4 Å². The molecule has 3 aromatic rings. The zero-order valence-corrected chi connectivity index (χ0v) is 19.2. The predicted octanol–water partition coefficient (Wildman–Crippen LogP) is 4.47. The highest BCUT2D eigenvalue weighted by atomic mass is 35.5. The summed E-state index contributed by atoms with van der Waals surface area (Å²) in [6, 6.07) is 7.32. The average Bonchev–Trinajstić information content (AvgIpc) is 3.22. The van der Waals surface area contributed by atoms with Crippen LogP contribution in [-0.2, 0) is 16.0 Å². The molecule has 2 aromatic heterocycles. The molecule has 0 spiro atoms. The summed E-state index contributed by atoms with van der Waals surface area (Å²) in [7, 11) is 1.65. The van der Waals surface area contributed by atoms with Crippen LogP contribution in [0.1, 0.15) is 44.2 Å². The summed E-state index contributed by atoms with van der Waals surface area (Å²) < 4.78 is 26.9. The van der Waals surface area contributed by atoms with Crippen LogP contribution in [-0.4, -0.2) is 46.4 Å². The molecular weight excluding hydrogens is 437 g/mol. The summed E-state index contributed by atoms with van der Waals surface area (Å²) in [6.07, 6.45) is 0.825. The van der Waals surface area contributed by atoms with Gasteiger partial charge < -0.3 is 14.0 Å². The fraction of sp³-hybridized carbons (Fsp3) is 0.348. The van der Waals surface area contributed by atoms with Crippen LogP contribution >= 0.6 is 11.6 Å². The van der Waals surface area contributed by atoms with E-state index in [0.717, 1.165) is 24.4 Å². The van der Waals surface area contributed by atoms with Crippen molar-refractivity contribution in [2.45, 2.75) is 33.7 Å². The Hall–Kier alpha value is -2.97. The first kappa shape index (κ1) is 23.7. The van der Waals surface area contributed by atoms with Crippen molar-refractivity contribution in [3.8, 4) is 5.69 Å². The molecule has 0 atom stereocenters. The van der Waals surface area contributed by atoms with Gasteiger partial charge in [-0.1, -0.05) is 11.6 Å². The van der Waals surface area contributed by atoms with Crippen molar-refractivity contribution in [3.05, 3.63) is 69.5 Å². The second-order valence-corrected chi connectivity index (χ2v) is 7.78. The lowest BCUT2D eigenvalue weighted by molar-refractivity contribution is 0.0474. The summed E-state index contributed by atoms with van der Waals surface area (Å²) in [5.41, 5.74) is 3.18. The zero-order chi connectivity index (χ0) is 23.4. The topological polar surface area (TPSA) is 75.3 Å². The second kappa shape index (κ2) is 10.1. The normalized spacial score (nSPS) is 11.1. The molecule has 32 heavy (non-hydrogen) atoms. The van der Waals surface area contributed by atoms with Crippen molar-refractivity contribution in [2.24, 2.45) is 0 Å². The number of carbonyl (C=O) groups is 2. The van der Waals surface area contributed by atoms with Gasteiger partial charge in [-0.25, -0.2) is 13.9 Å². The van der Waals surface area contributed by atoms with Crippen LogP contribution in [0.3, 0.4) is 0 Å². The molecule has 0 aliphatic rings. The van der Waals surface area contributed by atoms with Gasteiger partial charge in [0.1, 0.15) is 16.5 Å². The van der Waals surface area contributed by atoms with Gasteiger partial charge in [-0.15, -0.1) is 0 Å². The van der Waals surface area contributed by atoms with Gasteiger partial charge >= 0.3 is 5.97 Å². The summed E-state index contributed by atoms with van der Waals surface area (Å²) in [4.78, 5) is 25.4. The number of aromatic nitrogens is 3. The zero-order valence-electron chi connectivity index (χ0n) is 18.4. The van der Waals surface area contributed by atoms with E-state index in [9.17, 15) is 14.0 Å². The lowest BCUT2D eigenvalue weighted by Gasteiger charge is -2.09. The SMILES string of the molecule is COCCCn1c(C)cc(C(=O)COC(=O)c2c(C)nn(-c3ccc(F)cc3)c2Cl)c1C. The number of methoxy groups -OCH3 is 1. The van der Waals surface area contributed by atoms with E-state index < -0.39 is 18.4 Å². The van der Waals surface area contributed by atoms with Crippen molar-refractivity contribution >= 4 is 23.4 Å². The Labute approximate surface area is 190 Å². The fourth-order valence-electron chi connectivity index (χ4n) is 3.56. The van der Waals surface area contributed by atoms with Gasteiger partial charge in [-0.2, -0.15) is 5.10 Å². The first-order valence-electron chi connectivity index (χ1n) is 10.1. The highest BCUT2D eigenvalue weighted by Gasteiger charge is 2.24. The molecule has 2 heterocycles. The highest BCUT2D eigenvalue weighted by molar-refractivity contribution is 6.33. The third kappa shape index (κ3) is 4.92. The van der Waals surface area contributed by atoms with Crippen molar-refractivity contribution < 1.29 is 23.5 Å². The number of Topliss-reactive ketones (excluding diaryl/α,β-unsaturated/α-hetero) is 1. The Morgan fingerprint density at radius 2 is 1.84 bits per heavy atom. The van der Waals surface area contributed by atoms with E-state index in [1.807, 2.05) is 18.4 Å². The van der Waals surface area contributed by atoms with Crippen LogP contribution in [0.25, 0.3) is 5.69 Å². The standard InChI is InChI=1S/C23H25ClFN3O4/c1-14-12-19(16(3)27(14)10-5-11-31-4)20(29)13-32-23(30)21-15(2)26-28(22(21)24)18-8-6-17(25)7-9-18/h6-9,12H,5,10-11,13H2,1-4H3. The third-order valence-electron chi connectivity index (χ3n) is 5.22. The van der Waals surface area contributed by atoms with Crippen LogP contribution in [0.5, 0.6) is 0 Å². The molecule has 1 aromatic carbocycles. The van der Waals surface area contributed by atoms with Crippen molar-refractivity contribution in [3.63, 3.8) is 0 Å². The number of nitrogens with zero attached hydrogens (tertiary/aromatic N) is 3. The predicted molar refractivity (Wildman–Crippen MR) is 118 cm³/mol. The highest BCUT2D eigenvalue weighted by Crippen LogP contribution is 2.25. The van der Waals surface area contributed by atoms with Crippen molar-refractivity contribution in [1.82, 2.24) is 14.3 Å². The number of ether oxygens (including phenoxy) is 2. The number of carbonyl (C=O) groups excluding carboxylic acids is 2. The molecule has 0 aliphatic carbocycles. The van der Waals surface area contributed by atoms with Gasteiger partial charge in [0.2, 0.25) is 5.78 Å². The molecule has 0 saturated heterocycles. The molecule has 0 aliphatic heterocycles. The molecule has 0 fully saturated rings. The van der Waals surface area contributed by atoms with E-state index >= 15 is 0 Å². The Bertz CT molecular complexity index is 1140. The molecular formula is C23H25ClFN3O4. The number of aryl methyl sites for hydroxylation is 2. The summed E-state index contributed by atoms with van der Waals surface area (Å²) in [5.74, 6) is -1.45. The molecule has 3 rings (SSSR count). The minimum atomic E-state index is -0.747. The van der Waals surface area contributed by atoms with Crippen LogP contribution in [0.4, 0.5) is 4.39 Å². The van der Waals surface area contributed by atoms with Crippen LogP contribution in [0, 0.1) is 26.6 Å². The smallest absolute Gasteiger partial charge is 0.343 e. The average molecular weight is 462 g/mol. The monoisotopic (exact) mass is 461 g/mol. The second-order valence-electron chi connectivity index (χ2n) is 7.42. The largest absolute Gasteiger partial charge is 0.454 e. The Balaban J connectivity index is 1.72. The molecule has 0 radical (unpaired) electrons. The Morgan fingerprint density at radius 3 is 2.50 bits per heavy atom. The van der Waals surface area contributed by atoms with Gasteiger partial charge in [0.25, 0.3) is 0 Å². The number of hydrogen-bond acceptors (Lipinski definition) is 5. The quantitative estimate of drug-likeness (QED) is 0.267. The first-order valence-corrected chi connectivity index (χ1v) is 10.5. The molecule has 0 bridgehead atoms.